The molecule has 0 unspecified atom stereocenters. The number of rotatable bonds is 1. The van der Waals surface area contributed by atoms with Gasteiger partial charge in [-0.15, -0.1) is 0 Å². The molecule has 1 fully saturated rings. The summed E-state index contributed by atoms with van der Waals surface area (Å²) in [5.41, 5.74) is -0.446. The number of carbonyl (C=O) groups is 2. The number of esters is 1. The molecular weight excluding hydrogens is 158 g/mol. The summed E-state index contributed by atoms with van der Waals surface area (Å²) < 4.78 is 4.52. The van der Waals surface area contributed by atoms with Crippen molar-refractivity contribution in [3.05, 3.63) is 0 Å². The summed E-state index contributed by atoms with van der Waals surface area (Å²) in [6, 6.07) is -0.461. The van der Waals surface area contributed by atoms with Crippen LogP contribution in [-0.4, -0.2) is 25.0 Å². The minimum Gasteiger partial charge on any atom is -0.467 e. The number of hydrogen-bond donors (Lipinski definition) is 1. The first-order valence-electron chi connectivity index (χ1n) is 3.86. The fourth-order valence-electron chi connectivity index (χ4n) is 1.29. The van der Waals surface area contributed by atoms with Crippen LogP contribution in [0.3, 0.4) is 0 Å². The lowest BCUT2D eigenvalue weighted by Crippen LogP contribution is -2.34. The van der Waals surface area contributed by atoms with Gasteiger partial charge in [-0.25, -0.2) is 4.79 Å². The van der Waals surface area contributed by atoms with Crippen LogP contribution in [0, 0.1) is 5.41 Å². The van der Waals surface area contributed by atoms with Crippen LogP contribution in [0.1, 0.15) is 20.3 Å². The molecule has 12 heavy (non-hydrogen) atoms. The Hall–Kier alpha value is -1.06. The largest absolute Gasteiger partial charge is 0.467 e. The van der Waals surface area contributed by atoms with Gasteiger partial charge in [-0.3, -0.25) is 4.79 Å². The highest BCUT2D eigenvalue weighted by atomic mass is 16.5. The van der Waals surface area contributed by atoms with Crippen LogP contribution in [0.4, 0.5) is 0 Å². The molecule has 0 aromatic carbocycles. The Balaban J connectivity index is 2.67. The topological polar surface area (TPSA) is 55.4 Å². The SMILES string of the molecule is COC(=O)[C@@H]1CC(C)(C)C(=O)N1. The van der Waals surface area contributed by atoms with Crippen LogP contribution in [0.2, 0.25) is 0 Å². The summed E-state index contributed by atoms with van der Waals surface area (Å²) >= 11 is 0. The van der Waals surface area contributed by atoms with Crippen molar-refractivity contribution in [3.8, 4) is 0 Å². The van der Waals surface area contributed by atoms with Crippen LogP contribution in [0.5, 0.6) is 0 Å². The Bertz CT molecular complexity index is 222. The predicted octanol–water partition coefficient (Wildman–Crippen LogP) is 0.0741. The van der Waals surface area contributed by atoms with Crippen molar-refractivity contribution in [3.63, 3.8) is 0 Å². The molecule has 1 saturated heterocycles. The molecule has 1 atom stereocenters. The fourth-order valence-corrected chi connectivity index (χ4v) is 1.29. The van der Waals surface area contributed by atoms with E-state index in [1.54, 1.807) is 0 Å². The van der Waals surface area contributed by atoms with E-state index in [0.717, 1.165) is 0 Å². The highest BCUT2D eigenvalue weighted by molar-refractivity contribution is 5.91. The third-order valence-corrected chi connectivity index (χ3v) is 2.12. The molecular formula is C8H13NO3. The summed E-state index contributed by atoms with van der Waals surface area (Å²) in [4.78, 5) is 22.2. The Morgan fingerprint density at radius 1 is 1.67 bits per heavy atom. The molecule has 0 radical (unpaired) electrons. The van der Waals surface area contributed by atoms with Crippen molar-refractivity contribution in [1.29, 1.82) is 0 Å². The lowest BCUT2D eigenvalue weighted by molar-refractivity contribution is -0.143. The Morgan fingerprint density at radius 3 is 2.58 bits per heavy atom. The molecule has 1 aliphatic heterocycles. The van der Waals surface area contributed by atoms with Gasteiger partial charge in [-0.2, -0.15) is 0 Å². The monoisotopic (exact) mass is 171 g/mol. The maximum Gasteiger partial charge on any atom is 0.328 e. The highest BCUT2D eigenvalue weighted by Gasteiger charge is 2.42. The quantitative estimate of drug-likeness (QED) is 0.568. The minimum absolute atomic E-state index is 0.0853. The van der Waals surface area contributed by atoms with Crippen LogP contribution < -0.4 is 5.32 Å². The van der Waals surface area contributed by atoms with Crippen molar-refractivity contribution in [1.82, 2.24) is 5.32 Å². The predicted molar refractivity (Wildman–Crippen MR) is 42.3 cm³/mol. The molecule has 0 aromatic heterocycles. The maximum atomic E-state index is 11.2. The van der Waals surface area contributed by atoms with Crippen molar-refractivity contribution in [2.75, 3.05) is 7.11 Å². The molecule has 1 aliphatic rings. The Kier molecular flexibility index (Phi) is 2.08. The number of methoxy groups -OCH3 is 1. The van der Waals surface area contributed by atoms with Crippen molar-refractivity contribution in [2.45, 2.75) is 26.3 Å². The van der Waals surface area contributed by atoms with Crippen LogP contribution in [-0.2, 0) is 14.3 Å². The van der Waals surface area contributed by atoms with Crippen LogP contribution in [0.25, 0.3) is 0 Å². The zero-order valence-electron chi connectivity index (χ0n) is 7.51. The van der Waals surface area contributed by atoms with E-state index < -0.39 is 11.5 Å². The van der Waals surface area contributed by atoms with Crippen molar-refractivity contribution in [2.24, 2.45) is 5.41 Å². The number of carbonyl (C=O) groups excluding carboxylic acids is 2. The van der Waals surface area contributed by atoms with Crippen LogP contribution >= 0.6 is 0 Å². The zero-order valence-corrected chi connectivity index (χ0v) is 7.51. The van der Waals surface area contributed by atoms with E-state index in [1.807, 2.05) is 13.8 Å². The van der Waals surface area contributed by atoms with E-state index in [0.29, 0.717) is 6.42 Å². The zero-order chi connectivity index (χ0) is 9.35. The average molecular weight is 171 g/mol. The van der Waals surface area contributed by atoms with Gasteiger partial charge in [0.2, 0.25) is 5.91 Å². The third-order valence-electron chi connectivity index (χ3n) is 2.12. The summed E-state index contributed by atoms with van der Waals surface area (Å²) in [5, 5.41) is 2.58. The number of amides is 1. The molecule has 68 valence electrons. The number of ether oxygens (including phenoxy) is 1. The van der Waals surface area contributed by atoms with Gasteiger partial charge < -0.3 is 10.1 Å². The lowest BCUT2D eigenvalue weighted by Gasteiger charge is -2.11. The molecule has 0 bridgehead atoms. The van der Waals surface area contributed by atoms with Gasteiger partial charge in [0, 0.05) is 5.41 Å². The molecule has 1 N–H and O–H groups in total. The van der Waals surface area contributed by atoms with Crippen molar-refractivity contribution >= 4 is 11.9 Å². The molecule has 0 aromatic rings. The fraction of sp³-hybridized carbons (Fsp3) is 0.750. The van der Waals surface area contributed by atoms with Gasteiger partial charge >= 0.3 is 5.97 Å². The standard InChI is InChI=1S/C8H13NO3/c1-8(2)4-5(6(10)12-3)9-7(8)11/h5H,4H2,1-3H3,(H,9,11)/t5-/m0/s1. The summed E-state index contributed by atoms with van der Waals surface area (Å²) in [5.74, 6) is -0.452. The van der Waals surface area contributed by atoms with E-state index in [2.05, 4.69) is 10.1 Å². The number of hydrogen-bond acceptors (Lipinski definition) is 3. The molecule has 0 aliphatic carbocycles. The minimum atomic E-state index is -0.461. The van der Waals surface area contributed by atoms with Gasteiger partial charge in [-0.05, 0) is 6.42 Å². The summed E-state index contributed by atoms with van der Waals surface area (Å²) in [6.45, 7) is 3.62. The van der Waals surface area contributed by atoms with Gasteiger partial charge in [0.1, 0.15) is 6.04 Å². The molecule has 1 amide bonds. The number of nitrogens with one attached hydrogen (secondary N) is 1. The maximum absolute atomic E-state index is 11.2. The third kappa shape index (κ3) is 1.42. The molecule has 4 heteroatoms. The molecule has 0 saturated carbocycles. The highest BCUT2D eigenvalue weighted by Crippen LogP contribution is 2.28. The first-order chi connectivity index (χ1) is 5.47. The van der Waals surface area contributed by atoms with Gasteiger partial charge in [-0.1, -0.05) is 13.8 Å². The Morgan fingerprint density at radius 2 is 2.25 bits per heavy atom. The van der Waals surface area contributed by atoms with E-state index in [1.165, 1.54) is 7.11 Å². The second-order valence-corrected chi connectivity index (χ2v) is 3.64. The van der Waals surface area contributed by atoms with E-state index in [9.17, 15) is 9.59 Å². The summed E-state index contributed by atoms with van der Waals surface area (Å²) in [6.07, 6.45) is 0.512. The lowest BCUT2D eigenvalue weighted by atomic mass is 9.90. The average Bonchev–Trinajstić information content (AvgIpc) is 2.25. The second-order valence-electron chi connectivity index (χ2n) is 3.64. The Labute approximate surface area is 71.3 Å². The first kappa shape index (κ1) is 9.03. The van der Waals surface area contributed by atoms with E-state index in [-0.39, 0.29) is 11.9 Å². The molecule has 1 heterocycles. The van der Waals surface area contributed by atoms with Gasteiger partial charge in [0.15, 0.2) is 0 Å². The first-order valence-corrected chi connectivity index (χ1v) is 3.86. The molecule has 0 spiro atoms. The van der Waals surface area contributed by atoms with E-state index >= 15 is 0 Å². The molecule has 4 nitrogen and oxygen atoms in total. The molecule has 1 rings (SSSR count). The van der Waals surface area contributed by atoms with Crippen LogP contribution in [0.15, 0.2) is 0 Å². The van der Waals surface area contributed by atoms with Gasteiger partial charge in [0.05, 0.1) is 7.11 Å². The smallest absolute Gasteiger partial charge is 0.328 e. The second kappa shape index (κ2) is 2.77. The summed E-state index contributed by atoms with van der Waals surface area (Å²) in [7, 11) is 1.32. The van der Waals surface area contributed by atoms with E-state index in [4.69, 9.17) is 0 Å². The normalized spacial score (nSPS) is 26.6. The van der Waals surface area contributed by atoms with Crippen molar-refractivity contribution < 1.29 is 14.3 Å². The van der Waals surface area contributed by atoms with Gasteiger partial charge in [0.25, 0.3) is 0 Å².